The maximum Gasteiger partial charge on any atom is 0.103 e. The third-order valence-corrected chi connectivity index (χ3v) is 2.38. The van der Waals surface area contributed by atoms with E-state index in [9.17, 15) is 0 Å². The maximum atomic E-state index is 5.51. The molecule has 0 aromatic heterocycles. The molecule has 0 atom stereocenters. The topological polar surface area (TPSA) is 44.5 Å². The Balaban J connectivity index is 2.29. The zero-order chi connectivity index (χ0) is 11.8. The summed E-state index contributed by atoms with van der Waals surface area (Å²) in [6.07, 6.45) is 0.918. The van der Waals surface area contributed by atoms with Crippen molar-refractivity contribution in [3.05, 3.63) is 35.4 Å². The summed E-state index contributed by atoms with van der Waals surface area (Å²) < 4.78 is 10.4. The van der Waals surface area contributed by atoms with Crippen LogP contribution in [-0.4, -0.2) is 25.3 Å². The molecule has 0 saturated carbocycles. The third-order valence-electron chi connectivity index (χ3n) is 2.14. The average molecular weight is 239 g/mol. The summed E-state index contributed by atoms with van der Waals surface area (Å²) in [5.41, 5.74) is 7.51. The molecule has 16 heavy (non-hydrogen) atoms. The summed E-state index contributed by atoms with van der Waals surface area (Å²) in [5, 5.41) is 0. The zero-order valence-corrected chi connectivity index (χ0v) is 10.3. The van der Waals surface area contributed by atoms with Crippen molar-refractivity contribution in [3.8, 4) is 0 Å². The third kappa shape index (κ3) is 4.70. The lowest BCUT2D eigenvalue weighted by atomic mass is 10.1. The van der Waals surface area contributed by atoms with Crippen molar-refractivity contribution in [2.45, 2.75) is 13.0 Å². The first-order chi connectivity index (χ1) is 7.74. The van der Waals surface area contributed by atoms with Gasteiger partial charge in [-0.2, -0.15) is 0 Å². The van der Waals surface area contributed by atoms with E-state index in [-0.39, 0.29) is 0 Å². The first-order valence-electron chi connectivity index (χ1n) is 5.19. The highest BCUT2D eigenvalue weighted by molar-refractivity contribution is 7.80. The van der Waals surface area contributed by atoms with Crippen molar-refractivity contribution in [2.24, 2.45) is 5.73 Å². The zero-order valence-electron chi connectivity index (χ0n) is 9.44. The van der Waals surface area contributed by atoms with Gasteiger partial charge in [-0.25, -0.2) is 0 Å². The molecule has 3 nitrogen and oxygen atoms in total. The van der Waals surface area contributed by atoms with E-state index >= 15 is 0 Å². The minimum atomic E-state index is 0.424. The number of ether oxygens (including phenoxy) is 2. The Hall–Kier alpha value is -0.970. The molecule has 0 amide bonds. The van der Waals surface area contributed by atoms with Gasteiger partial charge in [0.2, 0.25) is 0 Å². The SMILES string of the molecule is COCCCOCc1ccc(C(N)=S)cc1. The summed E-state index contributed by atoms with van der Waals surface area (Å²) in [6, 6.07) is 7.78. The van der Waals surface area contributed by atoms with E-state index in [0.717, 1.165) is 24.2 Å². The van der Waals surface area contributed by atoms with Crippen LogP contribution in [0.1, 0.15) is 17.5 Å². The van der Waals surface area contributed by atoms with E-state index in [4.69, 9.17) is 27.4 Å². The Bertz CT molecular complexity index is 324. The van der Waals surface area contributed by atoms with Gasteiger partial charge >= 0.3 is 0 Å². The molecule has 0 saturated heterocycles. The number of thiocarbonyl (C=S) groups is 1. The number of hydrogen-bond acceptors (Lipinski definition) is 3. The lowest BCUT2D eigenvalue weighted by Gasteiger charge is -2.05. The molecular formula is C12H17NO2S. The van der Waals surface area contributed by atoms with Crippen LogP contribution in [-0.2, 0) is 16.1 Å². The lowest BCUT2D eigenvalue weighted by molar-refractivity contribution is 0.0928. The summed E-state index contributed by atoms with van der Waals surface area (Å²) >= 11 is 4.87. The van der Waals surface area contributed by atoms with Crippen LogP contribution in [0.15, 0.2) is 24.3 Å². The van der Waals surface area contributed by atoms with E-state index in [1.807, 2.05) is 24.3 Å². The van der Waals surface area contributed by atoms with Crippen LogP contribution < -0.4 is 5.73 Å². The van der Waals surface area contributed by atoms with Crippen molar-refractivity contribution in [1.82, 2.24) is 0 Å². The largest absolute Gasteiger partial charge is 0.389 e. The van der Waals surface area contributed by atoms with Gasteiger partial charge in [0.1, 0.15) is 4.99 Å². The second-order valence-corrected chi connectivity index (χ2v) is 3.90. The predicted octanol–water partition coefficient (Wildman–Crippen LogP) is 1.87. The molecule has 2 N–H and O–H groups in total. The molecule has 1 aromatic rings. The highest BCUT2D eigenvalue weighted by Crippen LogP contribution is 2.05. The molecule has 4 heteroatoms. The Morgan fingerprint density at radius 1 is 1.25 bits per heavy atom. The summed E-state index contributed by atoms with van der Waals surface area (Å²) in [4.78, 5) is 0.424. The van der Waals surface area contributed by atoms with Crippen molar-refractivity contribution in [1.29, 1.82) is 0 Å². The first kappa shape index (κ1) is 13.1. The van der Waals surface area contributed by atoms with Gasteiger partial charge in [-0.3, -0.25) is 0 Å². The average Bonchev–Trinajstić information content (AvgIpc) is 2.29. The van der Waals surface area contributed by atoms with Gasteiger partial charge in [-0.1, -0.05) is 36.5 Å². The molecule has 0 aliphatic carbocycles. The summed E-state index contributed by atoms with van der Waals surface area (Å²) in [5.74, 6) is 0. The van der Waals surface area contributed by atoms with Gasteiger partial charge in [0, 0.05) is 25.9 Å². The molecule has 88 valence electrons. The fourth-order valence-corrected chi connectivity index (χ4v) is 1.40. The second kappa shape index (κ2) is 7.33. The molecule has 0 spiro atoms. The minimum Gasteiger partial charge on any atom is -0.389 e. The highest BCUT2D eigenvalue weighted by Gasteiger charge is 1.97. The molecular weight excluding hydrogens is 222 g/mol. The Labute approximate surface area is 102 Å². The van der Waals surface area contributed by atoms with Gasteiger partial charge in [0.05, 0.1) is 6.61 Å². The lowest BCUT2D eigenvalue weighted by Crippen LogP contribution is -2.09. The van der Waals surface area contributed by atoms with Crippen molar-refractivity contribution in [2.75, 3.05) is 20.3 Å². The molecule has 0 aliphatic heterocycles. The van der Waals surface area contributed by atoms with E-state index < -0.39 is 0 Å². The summed E-state index contributed by atoms with van der Waals surface area (Å²) in [6.45, 7) is 2.06. The number of benzene rings is 1. The molecule has 1 aromatic carbocycles. The Morgan fingerprint density at radius 2 is 1.94 bits per heavy atom. The van der Waals surface area contributed by atoms with Crippen LogP contribution in [0, 0.1) is 0 Å². The Morgan fingerprint density at radius 3 is 2.50 bits per heavy atom. The molecule has 0 radical (unpaired) electrons. The predicted molar refractivity (Wildman–Crippen MR) is 68.5 cm³/mol. The van der Waals surface area contributed by atoms with Gasteiger partial charge in [-0.15, -0.1) is 0 Å². The van der Waals surface area contributed by atoms with Crippen LogP contribution in [0.2, 0.25) is 0 Å². The quantitative estimate of drug-likeness (QED) is 0.583. The molecule has 0 bridgehead atoms. The number of nitrogens with two attached hydrogens (primary N) is 1. The van der Waals surface area contributed by atoms with Gasteiger partial charge < -0.3 is 15.2 Å². The smallest absolute Gasteiger partial charge is 0.103 e. The highest BCUT2D eigenvalue weighted by atomic mass is 32.1. The normalized spacial score (nSPS) is 10.3. The molecule has 1 rings (SSSR count). The van der Waals surface area contributed by atoms with Crippen LogP contribution in [0.3, 0.4) is 0 Å². The van der Waals surface area contributed by atoms with Crippen LogP contribution >= 0.6 is 12.2 Å². The standard InChI is InChI=1S/C12H17NO2S/c1-14-7-2-8-15-9-10-3-5-11(6-4-10)12(13)16/h3-6H,2,7-9H2,1H3,(H2,13,16). The van der Waals surface area contributed by atoms with Gasteiger partial charge in [-0.05, 0) is 12.0 Å². The molecule has 0 heterocycles. The van der Waals surface area contributed by atoms with Crippen LogP contribution in [0.25, 0.3) is 0 Å². The van der Waals surface area contributed by atoms with E-state index in [2.05, 4.69) is 0 Å². The molecule has 0 fully saturated rings. The van der Waals surface area contributed by atoms with Gasteiger partial charge in [0.15, 0.2) is 0 Å². The Kier molecular flexibility index (Phi) is 6.00. The number of rotatable bonds is 7. The first-order valence-corrected chi connectivity index (χ1v) is 5.60. The van der Waals surface area contributed by atoms with Gasteiger partial charge in [0.25, 0.3) is 0 Å². The fourth-order valence-electron chi connectivity index (χ4n) is 1.26. The van der Waals surface area contributed by atoms with E-state index in [0.29, 0.717) is 18.2 Å². The maximum absolute atomic E-state index is 5.51. The molecule has 0 unspecified atom stereocenters. The second-order valence-electron chi connectivity index (χ2n) is 3.46. The molecule has 0 aliphatic rings. The summed E-state index contributed by atoms with van der Waals surface area (Å²) in [7, 11) is 1.69. The minimum absolute atomic E-state index is 0.424. The van der Waals surface area contributed by atoms with Crippen molar-refractivity contribution in [3.63, 3.8) is 0 Å². The monoisotopic (exact) mass is 239 g/mol. The number of methoxy groups -OCH3 is 1. The van der Waals surface area contributed by atoms with Crippen molar-refractivity contribution < 1.29 is 9.47 Å². The van der Waals surface area contributed by atoms with Crippen LogP contribution in [0.5, 0.6) is 0 Å². The van der Waals surface area contributed by atoms with Crippen LogP contribution in [0.4, 0.5) is 0 Å². The fraction of sp³-hybridized carbons (Fsp3) is 0.417. The van der Waals surface area contributed by atoms with Crippen molar-refractivity contribution >= 4 is 17.2 Å². The van der Waals surface area contributed by atoms with E-state index in [1.165, 1.54) is 0 Å². The van der Waals surface area contributed by atoms with E-state index in [1.54, 1.807) is 7.11 Å². The number of hydrogen-bond donors (Lipinski definition) is 1.